The van der Waals surface area contributed by atoms with Crippen LogP contribution in [0.4, 0.5) is 10.5 Å². The highest BCUT2D eigenvalue weighted by Gasteiger charge is 2.25. The summed E-state index contributed by atoms with van der Waals surface area (Å²) in [6, 6.07) is 11.2. The van der Waals surface area contributed by atoms with Gasteiger partial charge < -0.3 is 14.9 Å². The van der Waals surface area contributed by atoms with Crippen molar-refractivity contribution >= 4 is 55.9 Å². The van der Waals surface area contributed by atoms with Crippen molar-refractivity contribution in [1.82, 2.24) is 8.87 Å². The molecule has 1 N–H and O–H groups in total. The number of halogens is 2. The van der Waals surface area contributed by atoms with Crippen LogP contribution in [-0.2, 0) is 10.0 Å². The molecule has 1 aromatic heterocycles. The van der Waals surface area contributed by atoms with E-state index < -0.39 is 16.1 Å². The Morgan fingerprint density at radius 3 is 2.53 bits per heavy atom. The fourth-order valence-corrected chi connectivity index (χ4v) is 5.69. The largest absolute Gasteiger partial charge is 0.465 e. The molecular formula is C20H19Cl2N3O4S. The van der Waals surface area contributed by atoms with E-state index in [2.05, 4.69) is 0 Å². The Morgan fingerprint density at radius 1 is 1.00 bits per heavy atom. The first-order valence-electron chi connectivity index (χ1n) is 9.32. The minimum atomic E-state index is -3.85. The lowest BCUT2D eigenvalue weighted by atomic mass is 10.2. The molecule has 0 unspecified atom stereocenters. The SMILES string of the molecule is O=C(O)N1CCCN(c2c(Cl)ccc3c2ccn3S(=O)(=O)c2cccc(Cl)c2)CC1. The topological polar surface area (TPSA) is 82.8 Å². The Labute approximate surface area is 184 Å². The quantitative estimate of drug-likeness (QED) is 0.617. The molecule has 4 rings (SSSR count). The first-order valence-corrected chi connectivity index (χ1v) is 11.5. The molecule has 0 bridgehead atoms. The lowest BCUT2D eigenvalue weighted by Crippen LogP contribution is -2.34. The number of hydrogen-bond acceptors (Lipinski definition) is 4. The van der Waals surface area contributed by atoms with E-state index >= 15 is 0 Å². The lowest BCUT2D eigenvalue weighted by molar-refractivity contribution is 0.148. The summed E-state index contributed by atoms with van der Waals surface area (Å²) in [5.74, 6) is 0. The van der Waals surface area contributed by atoms with Gasteiger partial charge in [-0.2, -0.15) is 0 Å². The molecule has 0 saturated carbocycles. The Kier molecular flexibility index (Phi) is 5.57. The van der Waals surface area contributed by atoms with Crippen LogP contribution in [0, 0.1) is 0 Å². The standard InChI is InChI=1S/C20H19Cl2N3O4S/c21-14-3-1-4-15(13-14)30(28,29)25-10-7-16-18(25)6-5-17(22)19(16)23-8-2-9-24(12-11-23)20(26)27/h1,3-7,10,13H,2,8-9,11-12H2,(H,26,27). The highest BCUT2D eigenvalue weighted by atomic mass is 35.5. The second kappa shape index (κ2) is 8.02. The third kappa shape index (κ3) is 3.71. The van der Waals surface area contributed by atoms with E-state index in [0.29, 0.717) is 59.2 Å². The van der Waals surface area contributed by atoms with E-state index in [9.17, 15) is 18.3 Å². The van der Waals surface area contributed by atoms with Gasteiger partial charge in [0.05, 0.1) is 21.1 Å². The molecule has 2 heterocycles. The molecule has 1 aliphatic heterocycles. The summed E-state index contributed by atoms with van der Waals surface area (Å²) in [5.41, 5.74) is 1.20. The van der Waals surface area contributed by atoms with Crippen LogP contribution in [0.25, 0.3) is 10.9 Å². The average Bonchev–Trinajstić information content (AvgIpc) is 2.98. The van der Waals surface area contributed by atoms with Crippen molar-refractivity contribution in [3.63, 3.8) is 0 Å². The van der Waals surface area contributed by atoms with E-state index in [4.69, 9.17) is 23.2 Å². The molecule has 0 radical (unpaired) electrons. The summed E-state index contributed by atoms with van der Waals surface area (Å²) in [6.45, 7) is 1.89. The molecule has 0 aliphatic carbocycles. The average molecular weight is 468 g/mol. The summed E-state index contributed by atoms with van der Waals surface area (Å²) < 4.78 is 27.6. The van der Waals surface area contributed by atoms with Crippen molar-refractivity contribution in [2.45, 2.75) is 11.3 Å². The summed E-state index contributed by atoms with van der Waals surface area (Å²) in [5, 5.41) is 10.8. The maximum absolute atomic E-state index is 13.2. The number of fused-ring (bicyclic) bond motifs is 1. The Morgan fingerprint density at radius 2 is 1.80 bits per heavy atom. The van der Waals surface area contributed by atoms with Crippen molar-refractivity contribution < 1.29 is 18.3 Å². The predicted molar refractivity (Wildman–Crippen MR) is 117 cm³/mol. The summed E-state index contributed by atoms with van der Waals surface area (Å²) in [7, 11) is -3.85. The van der Waals surface area contributed by atoms with Gasteiger partial charge >= 0.3 is 6.09 Å². The van der Waals surface area contributed by atoms with Gasteiger partial charge in [-0.15, -0.1) is 0 Å². The van der Waals surface area contributed by atoms with Gasteiger partial charge in [0, 0.05) is 42.8 Å². The summed E-state index contributed by atoms with van der Waals surface area (Å²) in [6.07, 6.45) is 1.21. The molecule has 1 saturated heterocycles. The highest BCUT2D eigenvalue weighted by Crippen LogP contribution is 2.37. The predicted octanol–water partition coefficient (Wildman–Crippen LogP) is 4.38. The minimum Gasteiger partial charge on any atom is -0.465 e. The number of carbonyl (C=O) groups is 1. The molecule has 1 amide bonds. The fourth-order valence-electron chi connectivity index (χ4n) is 3.75. The molecule has 1 aliphatic rings. The van der Waals surface area contributed by atoms with Crippen LogP contribution in [-0.4, -0.2) is 54.7 Å². The van der Waals surface area contributed by atoms with E-state index in [1.807, 2.05) is 4.90 Å². The number of amides is 1. The maximum atomic E-state index is 13.2. The second-order valence-corrected chi connectivity index (χ2v) is 9.67. The number of benzene rings is 2. The Bertz CT molecular complexity index is 1230. The molecule has 2 aromatic carbocycles. The lowest BCUT2D eigenvalue weighted by Gasteiger charge is -2.25. The molecule has 30 heavy (non-hydrogen) atoms. The van der Waals surface area contributed by atoms with Gasteiger partial charge in [-0.3, -0.25) is 0 Å². The number of hydrogen-bond donors (Lipinski definition) is 1. The van der Waals surface area contributed by atoms with E-state index in [-0.39, 0.29) is 4.90 Å². The molecule has 158 valence electrons. The molecule has 1 fully saturated rings. The van der Waals surface area contributed by atoms with Crippen LogP contribution < -0.4 is 4.90 Å². The molecule has 7 nitrogen and oxygen atoms in total. The van der Waals surface area contributed by atoms with Gasteiger partial charge in [0.15, 0.2) is 0 Å². The van der Waals surface area contributed by atoms with Crippen molar-refractivity contribution in [2.24, 2.45) is 0 Å². The normalized spacial score (nSPS) is 15.4. The summed E-state index contributed by atoms with van der Waals surface area (Å²) >= 11 is 12.5. The van der Waals surface area contributed by atoms with Gasteiger partial charge in [-0.1, -0.05) is 29.3 Å². The van der Waals surface area contributed by atoms with Crippen LogP contribution in [0.1, 0.15) is 6.42 Å². The van der Waals surface area contributed by atoms with Gasteiger partial charge in [-0.05, 0) is 42.8 Å². The zero-order valence-corrected chi connectivity index (χ0v) is 18.2. The first-order chi connectivity index (χ1) is 14.3. The third-order valence-corrected chi connectivity index (χ3v) is 7.42. The van der Waals surface area contributed by atoms with Gasteiger partial charge in [0.1, 0.15) is 0 Å². The monoisotopic (exact) mass is 467 g/mol. The van der Waals surface area contributed by atoms with Gasteiger partial charge in [0.25, 0.3) is 10.0 Å². The Balaban J connectivity index is 1.78. The van der Waals surface area contributed by atoms with Crippen LogP contribution in [0.3, 0.4) is 0 Å². The number of nitrogens with zero attached hydrogens (tertiary/aromatic N) is 3. The van der Waals surface area contributed by atoms with Crippen molar-refractivity contribution in [1.29, 1.82) is 0 Å². The number of rotatable bonds is 3. The third-order valence-electron chi connectivity index (χ3n) is 5.19. The zero-order valence-electron chi connectivity index (χ0n) is 15.8. The minimum absolute atomic E-state index is 0.0934. The molecule has 0 atom stereocenters. The highest BCUT2D eigenvalue weighted by molar-refractivity contribution is 7.90. The Hall–Kier alpha value is -2.42. The van der Waals surface area contributed by atoms with Crippen LogP contribution in [0.15, 0.2) is 53.6 Å². The molecule has 10 heteroatoms. The van der Waals surface area contributed by atoms with E-state index in [1.165, 1.54) is 27.2 Å². The smallest absolute Gasteiger partial charge is 0.407 e. The first kappa shape index (κ1) is 20.8. The number of anilines is 1. The van der Waals surface area contributed by atoms with Crippen molar-refractivity contribution in [3.8, 4) is 0 Å². The van der Waals surface area contributed by atoms with E-state index in [1.54, 1.807) is 30.3 Å². The van der Waals surface area contributed by atoms with Crippen LogP contribution in [0.2, 0.25) is 10.0 Å². The summed E-state index contributed by atoms with van der Waals surface area (Å²) in [4.78, 5) is 14.8. The molecular weight excluding hydrogens is 449 g/mol. The van der Waals surface area contributed by atoms with Gasteiger partial charge in [-0.25, -0.2) is 17.2 Å². The van der Waals surface area contributed by atoms with Crippen molar-refractivity contribution in [3.05, 3.63) is 58.7 Å². The molecule has 3 aromatic rings. The molecule has 0 spiro atoms. The second-order valence-electron chi connectivity index (χ2n) is 7.01. The van der Waals surface area contributed by atoms with Crippen molar-refractivity contribution in [2.75, 3.05) is 31.1 Å². The number of aromatic nitrogens is 1. The fraction of sp³-hybridized carbons (Fsp3) is 0.250. The van der Waals surface area contributed by atoms with Crippen LogP contribution in [0.5, 0.6) is 0 Å². The van der Waals surface area contributed by atoms with E-state index in [0.717, 1.165) is 0 Å². The van der Waals surface area contributed by atoms with Gasteiger partial charge in [0.2, 0.25) is 0 Å². The maximum Gasteiger partial charge on any atom is 0.407 e. The zero-order chi connectivity index (χ0) is 21.5. The van der Waals surface area contributed by atoms with Crippen LogP contribution >= 0.6 is 23.2 Å². The number of carboxylic acid groups (broad SMARTS) is 1.